The number of carbonyl (C=O) groups excluding carboxylic acids is 1. The zero-order valence-electron chi connectivity index (χ0n) is 15.8. The summed E-state index contributed by atoms with van der Waals surface area (Å²) in [6.45, 7) is 0. The normalized spacial score (nSPS) is 10.7. The summed E-state index contributed by atoms with van der Waals surface area (Å²) < 4.78 is 7.06. The smallest absolute Gasteiger partial charge is 0.271 e. The monoisotopic (exact) mass is 467 g/mol. The van der Waals surface area contributed by atoms with Crippen LogP contribution in [0.5, 0.6) is 5.75 Å². The summed E-state index contributed by atoms with van der Waals surface area (Å²) in [4.78, 5) is 22.6. The van der Waals surface area contributed by atoms with E-state index in [1.54, 1.807) is 36.9 Å². The number of non-ortho nitro benzene ring substituents is 1. The van der Waals surface area contributed by atoms with Crippen LogP contribution in [0, 0.1) is 10.1 Å². The lowest BCUT2D eigenvalue weighted by Gasteiger charge is -2.09. The third kappa shape index (κ3) is 4.84. The number of nitrogens with one attached hydrogen (secondary N) is 1. The molecule has 0 radical (unpaired) electrons. The van der Waals surface area contributed by atoms with Crippen molar-refractivity contribution in [2.75, 3.05) is 18.2 Å². The van der Waals surface area contributed by atoms with E-state index in [1.165, 1.54) is 18.2 Å². The number of benzene rings is 2. The van der Waals surface area contributed by atoms with E-state index in [4.69, 9.17) is 27.9 Å². The lowest BCUT2D eigenvalue weighted by atomic mass is 10.2. The van der Waals surface area contributed by atoms with Crippen molar-refractivity contribution < 1.29 is 14.5 Å². The number of halogens is 2. The molecule has 2 aromatic carbocycles. The minimum absolute atomic E-state index is 0.00231. The SMILES string of the molecule is COc1ccc(Cl)cc1-c1nnc(SCC(=O)Nc2cc([N+](=O)[O-])ccc2Cl)n1C. The van der Waals surface area contributed by atoms with Crippen LogP contribution in [0.3, 0.4) is 0 Å². The number of anilines is 1. The molecule has 1 amide bonds. The molecule has 12 heteroatoms. The summed E-state index contributed by atoms with van der Waals surface area (Å²) in [7, 11) is 3.30. The molecule has 0 bridgehead atoms. The maximum atomic E-state index is 12.3. The van der Waals surface area contributed by atoms with Crippen LogP contribution >= 0.6 is 35.0 Å². The Labute approximate surface area is 185 Å². The number of ether oxygens (including phenoxy) is 1. The fourth-order valence-electron chi connectivity index (χ4n) is 2.57. The average molecular weight is 468 g/mol. The second-order valence-electron chi connectivity index (χ2n) is 5.97. The highest BCUT2D eigenvalue weighted by Gasteiger charge is 2.17. The van der Waals surface area contributed by atoms with Crippen molar-refractivity contribution in [2.45, 2.75) is 5.16 Å². The van der Waals surface area contributed by atoms with Gasteiger partial charge in [0.2, 0.25) is 5.91 Å². The first-order chi connectivity index (χ1) is 14.3. The van der Waals surface area contributed by atoms with Crippen molar-refractivity contribution in [3.8, 4) is 17.1 Å². The molecule has 30 heavy (non-hydrogen) atoms. The van der Waals surface area contributed by atoms with Gasteiger partial charge in [0.05, 0.1) is 34.1 Å². The van der Waals surface area contributed by atoms with Gasteiger partial charge in [-0.1, -0.05) is 35.0 Å². The van der Waals surface area contributed by atoms with Crippen LogP contribution in [0.1, 0.15) is 0 Å². The number of methoxy groups -OCH3 is 1. The summed E-state index contributed by atoms with van der Waals surface area (Å²) in [6, 6.07) is 8.98. The van der Waals surface area contributed by atoms with Crippen molar-refractivity contribution in [1.29, 1.82) is 0 Å². The third-order valence-electron chi connectivity index (χ3n) is 4.00. The number of thioether (sulfide) groups is 1. The van der Waals surface area contributed by atoms with Gasteiger partial charge in [0.1, 0.15) is 5.75 Å². The predicted octanol–water partition coefficient (Wildman–Crippen LogP) is 4.44. The predicted molar refractivity (Wildman–Crippen MR) is 115 cm³/mol. The van der Waals surface area contributed by atoms with Gasteiger partial charge in [-0.05, 0) is 24.3 Å². The van der Waals surface area contributed by atoms with Crippen molar-refractivity contribution in [2.24, 2.45) is 7.05 Å². The number of rotatable bonds is 7. The van der Waals surface area contributed by atoms with Gasteiger partial charge >= 0.3 is 0 Å². The molecule has 0 saturated heterocycles. The van der Waals surface area contributed by atoms with E-state index in [9.17, 15) is 14.9 Å². The molecule has 0 atom stereocenters. The molecular weight excluding hydrogens is 453 g/mol. The van der Waals surface area contributed by atoms with Crippen LogP contribution in [-0.4, -0.2) is 38.5 Å². The molecule has 0 saturated carbocycles. The van der Waals surface area contributed by atoms with E-state index in [2.05, 4.69) is 15.5 Å². The molecule has 0 fully saturated rings. The van der Waals surface area contributed by atoms with Gasteiger partial charge in [0.15, 0.2) is 11.0 Å². The number of nitrogens with zero attached hydrogens (tertiary/aromatic N) is 4. The average Bonchev–Trinajstić information content (AvgIpc) is 3.08. The highest BCUT2D eigenvalue weighted by molar-refractivity contribution is 7.99. The largest absolute Gasteiger partial charge is 0.496 e. The molecule has 0 unspecified atom stereocenters. The number of nitro groups is 1. The second kappa shape index (κ2) is 9.33. The molecule has 0 spiro atoms. The van der Waals surface area contributed by atoms with E-state index in [0.717, 1.165) is 11.8 Å². The standard InChI is InChI=1S/C18H15Cl2N5O4S/c1-24-17(12-7-10(19)3-6-15(12)29-2)22-23-18(24)30-9-16(26)21-14-8-11(25(27)28)4-5-13(14)20/h3-8H,9H2,1-2H3,(H,21,26). The van der Waals surface area contributed by atoms with Crippen molar-refractivity contribution >= 4 is 52.2 Å². The van der Waals surface area contributed by atoms with E-state index >= 15 is 0 Å². The van der Waals surface area contributed by atoms with Crippen LogP contribution in [0.2, 0.25) is 10.0 Å². The van der Waals surface area contributed by atoms with Gasteiger partial charge < -0.3 is 14.6 Å². The zero-order chi connectivity index (χ0) is 21.8. The second-order valence-corrected chi connectivity index (χ2v) is 7.75. The number of carbonyl (C=O) groups is 1. The first-order valence-corrected chi connectivity index (χ1v) is 10.1. The number of aromatic nitrogens is 3. The maximum Gasteiger partial charge on any atom is 0.271 e. The fraction of sp³-hybridized carbons (Fsp3) is 0.167. The van der Waals surface area contributed by atoms with Gasteiger partial charge in [-0.2, -0.15) is 0 Å². The first-order valence-electron chi connectivity index (χ1n) is 8.40. The highest BCUT2D eigenvalue weighted by atomic mass is 35.5. The van der Waals surface area contributed by atoms with Crippen molar-refractivity contribution in [1.82, 2.24) is 14.8 Å². The maximum absolute atomic E-state index is 12.3. The lowest BCUT2D eigenvalue weighted by Crippen LogP contribution is -2.15. The molecule has 1 heterocycles. The minimum Gasteiger partial charge on any atom is -0.496 e. The molecule has 1 aromatic heterocycles. The van der Waals surface area contributed by atoms with E-state index in [1.807, 2.05) is 0 Å². The van der Waals surface area contributed by atoms with Gasteiger partial charge in [-0.3, -0.25) is 14.9 Å². The molecule has 0 aliphatic heterocycles. The van der Waals surface area contributed by atoms with Gasteiger partial charge in [0.25, 0.3) is 5.69 Å². The summed E-state index contributed by atoms with van der Waals surface area (Å²) in [5.74, 6) is 0.716. The quantitative estimate of drug-likeness (QED) is 0.310. The van der Waals surface area contributed by atoms with E-state index in [-0.39, 0.29) is 22.2 Å². The molecule has 0 aliphatic carbocycles. The Bertz CT molecular complexity index is 1120. The molecule has 9 nitrogen and oxygen atoms in total. The van der Waals surface area contributed by atoms with Crippen molar-refractivity contribution in [3.63, 3.8) is 0 Å². The minimum atomic E-state index is -0.564. The number of nitro benzene ring substituents is 1. The molecule has 0 aliphatic rings. The number of amides is 1. The summed E-state index contributed by atoms with van der Waals surface area (Å²) in [5.41, 5.74) is 0.661. The number of hydrogen-bond donors (Lipinski definition) is 1. The summed E-state index contributed by atoms with van der Waals surface area (Å²) in [6.07, 6.45) is 0. The summed E-state index contributed by atoms with van der Waals surface area (Å²) >= 11 is 13.2. The Morgan fingerprint density at radius 1 is 1.27 bits per heavy atom. The van der Waals surface area contributed by atoms with Crippen LogP contribution in [0.15, 0.2) is 41.6 Å². The third-order valence-corrected chi connectivity index (χ3v) is 5.59. The van der Waals surface area contributed by atoms with E-state index in [0.29, 0.717) is 27.3 Å². The van der Waals surface area contributed by atoms with Crippen LogP contribution in [-0.2, 0) is 11.8 Å². The molecule has 3 aromatic rings. The number of hydrogen-bond acceptors (Lipinski definition) is 7. The molecular formula is C18H15Cl2N5O4S. The molecule has 1 N–H and O–H groups in total. The molecule has 156 valence electrons. The fourth-order valence-corrected chi connectivity index (χ4v) is 3.62. The van der Waals surface area contributed by atoms with E-state index < -0.39 is 10.8 Å². The van der Waals surface area contributed by atoms with Crippen LogP contribution in [0.4, 0.5) is 11.4 Å². The zero-order valence-corrected chi connectivity index (χ0v) is 18.1. The lowest BCUT2D eigenvalue weighted by molar-refractivity contribution is -0.384. The van der Waals surface area contributed by atoms with Crippen molar-refractivity contribution in [3.05, 3.63) is 56.6 Å². The van der Waals surface area contributed by atoms with Gasteiger partial charge in [-0.15, -0.1) is 10.2 Å². The Kier molecular flexibility index (Phi) is 6.80. The Hall–Kier alpha value is -2.82. The van der Waals surface area contributed by atoms with Gasteiger partial charge in [0, 0.05) is 24.2 Å². The topological polar surface area (TPSA) is 112 Å². The highest BCUT2D eigenvalue weighted by Crippen LogP contribution is 2.33. The van der Waals surface area contributed by atoms with Gasteiger partial charge in [-0.25, -0.2) is 0 Å². The Morgan fingerprint density at radius 3 is 2.73 bits per heavy atom. The first kappa shape index (κ1) is 21.9. The summed E-state index contributed by atoms with van der Waals surface area (Å²) in [5, 5.41) is 23.0. The Morgan fingerprint density at radius 2 is 2.03 bits per heavy atom. The van der Waals surface area contributed by atoms with Crippen LogP contribution in [0.25, 0.3) is 11.4 Å². The van der Waals surface area contributed by atoms with Crippen LogP contribution < -0.4 is 10.1 Å². The Balaban J connectivity index is 1.72. The molecule has 3 rings (SSSR count).